The summed E-state index contributed by atoms with van der Waals surface area (Å²) >= 11 is 1.69. The van der Waals surface area contributed by atoms with Crippen LogP contribution in [0.4, 0.5) is 0 Å². The van der Waals surface area contributed by atoms with Crippen molar-refractivity contribution in [2.75, 3.05) is 19.8 Å². The van der Waals surface area contributed by atoms with E-state index < -0.39 is 0 Å². The fourth-order valence-electron chi connectivity index (χ4n) is 2.24. The average Bonchev–Trinajstić information content (AvgIpc) is 2.90. The van der Waals surface area contributed by atoms with Crippen molar-refractivity contribution >= 4 is 17.2 Å². The third kappa shape index (κ3) is 4.30. The quantitative estimate of drug-likeness (QED) is 0.868. The van der Waals surface area contributed by atoms with Crippen molar-refractivity contribution in [1.29, 1.82) is 0 Å². The number of carbonyl (C=O) groups excluding carboxylic acids is 1. The molecule has 0 spiro atoms. The smallest absolute Gasteiger partial charge is 0.222 e. The van der Waals surface area contributed by atoms with Gasteiger partial charge in [0.15, 0.2) is 0 Å². The van der Waals surface area contributed by atoms with Crippen LogP contribution in [0.25, 0.3) is 0 Å². The van der Waals surface area contributed by atoms with Gasteiger partial charge in [-0.1, -0.05) is 19.9 Å². The highest BCUT2D eigenvalue weighted by Crippen LogP contribution is 2.25. The number of morpholine rings is 1. The predicted molar refractivity (Wildman–Crippen MR) is 77.3 cm³/mol. The molecule has 1 aromatic rings. The van der Waals surface area contributed by atoms with Gasteiger partial charge in [-0.25, -0.2) is 0 Å². The molecule has 1 amide bonds. The highest BCUT2D eigenvalue weighted by atomic mass is 32.1. The van der Waals surface area contributed by atoms with Crippen LogP contribution in [0.15, 0.2) is 17.5 Å². The number of hydrogen-bond donors (Lipinski definition) is 2. The molecule has 1 aromatic heterocycles. The van der Waals surface area contributed by atoms with Crippen molar-refractivity contribution in [3.8, 4) is 0 Å². The first kappa shape index (κ1) is 14.5. The standard InChI is InChI=1S/C14H22N2O2S/c1-10(2)14(12-4-3-7-19-12)16-13(17)8-11-9-18-6-5-15-11/h3-4,7,10-11,14-15H,5-6,8-9H2,1-2H3,(H,16,17). The molecule has 2 unspecified atom stereocenters. The molecule has 0 aromatic carbocycles. The van der Waals surface area contributed by atoms with Crippen LogP contribution in [0.2, 0.25) is 0 Å². The summed E-state index contributed by atoms with van der Waals surface area (Å²) < 4.78 is 5.37. The molecule has 2 heterocycles. The molecule has 19 heavy (non-hydrogen) atoms. The van der Waals surface area contributed by atoms with Gasteiger partial charge in [0.05, 0.1) is 19.3 Å². The van der Waals surface area contributed by atoms with Crippen LogP contribution in [0.3, 0.4) is 0 Å². The Hall–Kier alpha value is -0.910. The van der Waals surface area contributed by atoms with Gasteiger partial charge in [-0.2, -0.15) is 0 Å². The lowest BCUT2D eigenvalue weighted by Gasteiger charge is -2.26. The van der Waals surface area contributed by atoms with Gasteiger partial charge >= 0.3 is 0 Å². The van der Waals surface area contributed by atoms with Gasteiger partial charge < -0.3 is 15.4 Å². The molecular formula is C14H22N2O2S. The highest BCUT2D eigenvalue weighted by Gasteiger charge is 2.22. The van der Waals surface area contributed by atoms with E-state index in [1.165, 1.54) is 4.88 Å². The van der Waals surface area contributed by atoms with Crippen LogP contribution >= 0.6 is 11.3 Å². The van der Waals surface area contributed by atoms with E-state index in [0.29, 0.717) is 18.9 Å². The first-order valence-electron chi connectivity index (χ1n) is 6.80. The molecule has 0 saturated carbocycles. The van der Waals surface area contributed by atoms with Crippen LogP contribution in [-0.2, 0) is 9.53 Å². The summed E-state index contributed by atoms with van der Waals surface area (Å²) in [6.45, 7) is 6.45. The van der Waals surface area contributed by atoms with Crippen molar-refractivity contribution in [1.82, 2.24) is 10.6 Å². The first-order chi connectivity index (χ1) is 9.16. The van der Waals surface area contributed by atoms with Crippen LogP contribution in [0.1, 0.15) is 31.2 Å². The van der Waals surface area contributed by atoms with Gasteiger partial charge in [0.25, 0.3) is 0 Å². The Bertz CT molecular complexity index is 386. The van der Waals surface area contributed by atoms with Gasteiger partial charge in [0, 0.05) is 23.9 Å². The molecule has 4 nitrogen and oxygen atoms in total. The molecule has 0 radical (unpaired) electrons. The Morgan fingerprint density at radius 2 is 2.47 bits per heavy atom. The van der Waals surface area contributed by atoms with Crippen molar-refractivity contribution in [2.24, 2.45) is 5.92 Å². The Labute approximate surface area is 118 Å². The molecule has 2 atom stereocenters. The normalized spacial score (nSPS) is 21.3. The van der Waals surface area contributed by atoms with E-state index in [9.17, 15) is 4.79 Å². The van der Waals surface area contributed by atoms with E-state index in [1.807, 2.05) is 11.4 Å². The molecule has 0 bridgehead atoms. The molecule has 1 aliphatic rings. The number of ether oxygens (including phenoxy) is 1. The first-order valence-corrected chi connectivity index (χ1v) is 7.68. The van der Waals surface area contributed by atoms with Crippen molar-refractivity contribution in [3.05, 3.63) is 22.4 Å². The van der Waals surface area contributed by atoms with E-state index in [-0.39, 0.29) is 18.0 Å². The zero-order valence-corrected chi connectivity index (χ0v) is 12.3. The lowest BCUT2D eigenvalue weighted by atomic mass is 10.0. The number of carbonyl (C=O) groups is 1. The van der Waals surface area contributed by atoms with Gasteiger partial charge in [0.2, 0.25) is 5.91 Å². The molecule has 5 heteroatoms. The van der Waals surface area contributed by atoms with Gasteiger partial charge in [-0.3, -0.25) is 4.79 Å². The Morgan fingerprint density at radius 1 is 1.63 bits per heavy atom. The Kier molecular flexibility index (Phi) is 5.36. The topological polar surface area (TPSA) is 50.4 Å². The second-order valence-corrected chi connectivity index (χ2v) is 6.21. The number of hydrogen-bond acceptors (Lipinski definition) is 4. The van der Waals surface area contributed by atoms with Crippen molar-refractivity contribution in [2.45, 2.75) is 32.4 Å². The SMILES string of the molecule is CC(C)C(NC(=O)CC1COCCN1)c1cccs1. The van der Waals surface area contributed by atoms with E-state index in [4.69, 9.17) is 4.74 Å². The summed E-state index contributed by atoms with van der Waals surface area (Å²) in [5, 5.41) is 8.50. The molecule has 1 aliphatic heterocycles. The van der Waals surface area contributed by atoms with E-state index in [1.54, 1.807) is 11.3 Å². The minimum absolute atomic E-state index is 0.0927. The number of thiophene rings is 1. The Balaban J connectivity index is 1.88. The van der Waals surface area contributed by atoms with Gasteiger partial charge in [-0.15, -0.1) is 11.3 Å². The monoisotopic (exact) mass is 282 g/mol. The van der Waals surface area contributed by atoms with Crippen LogP contribution in [0.5, 0.6) is 0 Å². The third-order valence-corrected chi connectivity index (χ3v) is 4.22. The van der Waals surface area contributed by atoms with Crippen LogP contribution < -0.4 is 10.6 Å². The highest BCUT2D eigenvalue weighted by molar-refractivity contribution is 7.10. The summed E-state index contributed by atoms with van der Waals surface area (Å²) in [5.41, 5.74) is 0. The summed E-state index contributed by atoms with van der Waals surface area (Å²) in [6.07, 6.45) is 0.481. The molecule has 0 aliphatic carbocycles. The maximum absolute atomic E-state index is 12.1. The van der Waals surface area contributed by atoms with Crippen molar-refractivity contribution < 1.29 is 9.53 Å². The number of rotatable bonds is 5. The number of amides is 1. The molecule has 2 N–H and O–H groups in total. The molecule has 2 rings (SSSR count). The zero-order chi connectivity index (χ0) is 13.7. The Morgan fingerprint density at radius 3 is 3.05 bits per heavy atom. The molecular weight excluding hydrogens is 260 g/mol. The van der Waals surface area contributed by atoms with Crippen molar-refractivity contribution in [3.63, 3.8) is 0 Å². The lowest BCUT2D eigenvalue weighted by molar-refractivity contribution is -0.123. The second kappa shape index (κ2) is 7.03. The van der Waals surface area contributed by atoms with E-state index >= 15 is 0 Å². The van der Waals surface area contributed by atoms with Crippen LogP contribution in [-0.4, -0.2) is 31.7 Å². The third-order valence-electron chi connectivity index (χ3n) is 3.26. The minimum Gasteiger partial charge on any atom is -0.378 e. The predicted octanol–water partition coefficient (Wildman–Crippen LogP) is 1.94. The summed E-state index contributed by atoms with van der Waals surface area (Å²) in [5.74, 6) is 0.480. The second-order valence-electron chi connectivity index (χ2n) is 5.23. The van der Waals surface area contributed by atoms with E-state index in [0.717, 1.165) is 13.2 Å². The molecule has 1 fully saturated rings. The largest absolute Gasteiger partial charge is 0.378 e. The maximum Gasteiger partial charge on any atom is 0.222 e. The fourth-order valence-corrected chi connectivity index (χ4v) is 3.19. The fraction of sp³-hybridized carbons (Fsp3) is 0.643. The van der Waals surface area contributed by atoms with E-state index in [2.05, 4.69) is 30.5 Å². The average molecular weight is 282 g/mol. The van der Waals surface area contributed by atoms with Gasteiger partial charge in [0.1, 0.15) is 0 Å². The zero-order valence-electron chi connectivity index (χ0n) is 11.5. The molecule has 106 valence electrons. The summed E-state index contributed by atoms with van der Waals surface area (Å²) in [7, 11) is 0. The summed E-state index contributed by atoms with van der Waals surface area (Å²) in [4.78, 5) is 13.3. The molecule has 1 saturated heterocycles. The minimum atomic E-state index is 0.0927. The lowest BCUT2D eigenvalue weighted by Crippen LogP contribution is -2.45. The number of nitrogens with one attached hydrogen (secondary N) is 2. The summed E-state index contributed by atoms with van der Waals surface area (Å²) in [6, 6.07) is 4.36. The maximum atomic E-state index is 12.1. The van der Waals surface area contributed by atoms with Gasteiger partial charge in [-0.05, 0) is 17.4 Å². The van der Waals surface area contributed by atoms with Crippen LogP contribution in [0, 0.1) is 5.92 Å².